The van der Waals surface area contributed by atoms with Crippen molar-refractivity contribution in [2.45, 2.75) is 63.8 Å². The number of hydrogen-bond acceptors (Lipinski definition) is 2. The highest BCUT2D eigenvalue weighted by atomic mass is 16.2. The molecule has 0 spiro atoms. The van der Waals surface area contributed by atoms with Crippen molar-refractivity contribution in [1.82, 2.24) is 10.2 Å². The highest BCUT2D eigenvalue weighted by Gasteiger charge is 2.35. The topological polar surface area (TPSA) is 32.3 Å². The van der Waals surface area contributed by atoms with E-state index in [2.05, 4.69) is 10.2 Å². The van der Waals surface area contributed by atoms with Gasteiger partial charge in [0.1, 0.15) is 0 Å². The van der Waals surface area contributed by atoms with Gasteiger partial charge in [0.25, 0.3) is 0 Å². The average Bonchev–Trinajstić information content (AvgIpc) is 3.14. The molecule has 0 bridgehead atoms. The zero-order chi connectivity index (χ0) is 13.1. The summed E-state index contributed by atoms with van der Waals surface area (Å²) < 4.78 is 0. The van der Waals surface area contributed by atoms with E-state index in [1.54, 1.807) is 0 Å². The molecule has 2 unspecified atom stereocenters. The molecular weight excluding hydrogens is 236 g/mol. The number of amides is 1. The van der Waals surface area contributed by atoms with E-state index in [0.29, 0.717) is 11.9 Å². The summed E-state index contributed by atoms with van der Waals surface area (Å²) in [5, 5.41) is 3.39. The fourth-order valence-electron chi connectivity index (χ4n) is 4.37. The van der Waals surface area contributed by atoms with Gasteiger partial charge in [0, 0.05) is 19.0 Å². The Balaban J connectivity index is 1.49. The Morgan fingerprint density at radius 1 is 1.11 bits per heavy atom. The molecule has 0 radical (unpaired) electrons. The lowest BCUT2D eigenvalue weighted by molar-refractivity contribution is -0.133. The first-order chi connectivity index (χ1) is 9.34. The molecular formula is C16H28N2O. The highest BCUT2D eigenvalue weighted by Crippen LogP contribution is 2.35. The lowest BCUT2D eigenvalue weighted by Gasteiger charge is -2.29. The summed E-state index contributed by atoms with van der Waals surface area (Å²) in [5.74, 6) is 2.01. The number of rotatable bonds is 4. The number of carbonyl (C=O) groups excluding carboxylic acids is 1. The van der Waals surface area contributed by atoms with Crippen molar-refractivity contribution in [3.05, 3.63) is 0 Å². The van der Waals surface area contributed by atoms with Gasteiger partial charge >= 0.3 is 0 Å². The van der Waals surface area contributed by atoms with Crippen LogP contribution in [-0.2, 0) is 4.79 Å². The third kappa shape index (κ3) is 3.13. The van der Waals surface area contributed by atoms with Gasteiger partial charge in [0.2, 0.25) is 5.91 Å². The van der Waals surface area contributed by atoms with Gasteiger partial charge in [0.15, 0.2) is 0 Å². The van der Waals surface area contributed by atoms with Crippen molar-refractivity contribution in [2.24, 2.45) is 11.8 Å². The van der Waals surface area contributed by atoms with Crippen LogP contribution in [0.2, 0.25) is 0 Å². The molecule has 1 N–H and O–H groups in total. The van der Waals surface area contributed by atoms with Crippen LogP contribution in [0, 0.1) is 11.8 Å². The molecule has 1 saturated carbocycles. The normalized spacial score (nSPS) is 32.3. The van der Waals surface area contributed by atoms with Gasteiger partial charge < -0.3 is 10.2 Å². The van der Waals surface area contributed by atoms with Crippen LogP contribution < -0.4 is 5.32 Å². The molecule has 2 saturated heterocycles. The fraction of sp³-hybridized carbons (Fsp3) is 0.938. The van der Waals surface area contributed by atoms with Gasteiger partial charge in [-0.1, -0.05) is 12.8 Å². The van der Waals surface area contributed by atoms with E-state index >= 15 is 0 Å². The zero-order valence-electron chi connectivity index (χ0n) is 12.1. The van der Waals surface area contributed by atoms with Crippen LogP contribution in [0.15, 0.2) is 0 Å². The van der Waals surface area contributed by atoms with E-state index < -0.39 is 0 Å². The van der Waals surface area contributed by atoms with Gasteiger partial charge in [-0.3, -0.25) is 4.79 Å². The van der Waals surface area contributed by atoms with Gasteiger partial charge in [0.05, 0.1) is 0 Å². The van der Waals surface area contributed by atoms with Crippen LogP contribution in [0.4, 0.5) is 0 Å². The monoisotopic (exact) mass is 264 g/mol. The molecule has 3 heteroatoms. The molecule has 3 nitrogen and oxygen atoms in total. The Morgan fingerprint density at radius 3 is 2.68 bits per heavy atom. The van der Waals surface area contributed by atoms with E-state index in [0.717, 1.165) is 44.3 Å². The predicted octanol–water partition coefficient (Wildman–Crippen LogP) is 2.56. The molecule has 0 aromatic rings. The molecule has 0 aromatic carbocycles. The standard InChI is InChI=1S/C16H28N2O/c19-16(8-7-13-9-10-17-12-13)18-11-3-6-15(18)14-4-1-2-5-14/h13-15,17H,1-12H2. The van der Waals surface area contributed by atoms with Crippen LogP contribution in [0.3, 0.4) is 0 Å². The summed E-state index contributed by atoms with van der Waals surface area (Å²) in [6.45, 7) is 3.30. The van der Waals surface area contributed by atoms with Crippen molar-refractivity contribution < 1.29 is 4.79 Å². The quantitative estimate of drug-likeness (QED) is 0.846. The third-order valence-corrected chi connectivity index (χ3v) is 5.49. The maximum Gasteiger partial charge on any atom is 0.222 e. The molecule has 108 valence electrons. The largest absolute Gasteiger partial charge is 0.339 e. The van der Waals surface area contributed by atoms with E-state index in [9.17, 15) is 4.79 Å². The molecule has 3 rings (SSSR count). The second-order valence-electron chi connectivity index (χ2n) is 6.74. The Morgan fingerprint density at radius 2 is 1.95 bits per heavy atom. The first-order valence-electron chi connectivity index (χ1n) is 8.35. The summed E-state index contributed by atoms with van der Waals surface area (Å²) in [4.78, 5) is 14.7. The highest BCUT2D eigenvalue weighted by molar-refractivity contribution is 5.76. The van der Waals surface area contributed by atoms with Crippen LogP contribution in [0.25, 0.3) is 0 Å². The Labute approximate surface area is 117 Å². The number of carbonyl (C=O) groups is 1. The van der Waals surface area contributed by atoms with Gasteiger partial charge in [-0.25, -0.2) is 0 Å². The Hall–Kier alpha value is -0.570. The van der Waals surface area contributed by atoms with Gasteiger partial charge in [-0.2, -0.15) is 0 Å². The van der Waals surface area contributed by atoms with Gasteiger partial charge in [-0.05, 0) is 63.5 Å². The van der Waals surface area contributed by atoms with Crippen molar-refractivity contribution in [2.75, 3.05) is 19.6 Å². The SMILES string of the molecule is O=C(CCC1CCNC1)N1CCCC1C1CCCC1. The molecule has 2 heterocycles. The molecule has 2 aliphatic heterocycles. The first kappa shape index (κ1) is 13.4. The summed E-state index contributed by atoms with van der Waals surface area (Å²) in [5.41, 5.74) is 0. The minimum Gasteiger partial charge on any atom is -0.339 e. The number of likely N-dealkylation sites (tertiary alicyclic amines) is 1. The fourth-order valence-corrected chi connectivity index (χ4v) is 4.37. The predicted molar refractivity (Wildman–Crippen MR) is 76.9 cm³/mol. The summed E-state index contributed by atoms with van der Waals surface area (Å²) in [6, 6.07) is 0.594. The molecule has 3 fully saturated rings. The summed E-state index contributed by atoms with van der Waals surface area (Å²) >= 11 is 0. The van der Waals surface area contributed by atoms with Crippen molar-refractivity contribution >= 4 is 5.91 Å². The average molecular weight is 264 g/mol. The maximum atomic E-state index is 12.5. The van der Waals surface area contributed by atoms with Crippen LogP contribution in [0.1, 0.15) is 57.8 Å². The number of nitrogens with one attached hydrogen (secondary N) is 1. The van der Waals surface area contributed by atoms with E-state index in [1.807, 2.05) is 0 Å². The second kappa shape index (κ2) is 6.25. The van der Waals surface area contributed by atoms with E-state index in [1.165, 1.54) is 44.9 Å². The van der Waals surface area contributed by atoms with E-state index in [4.69, 9.17) is 0 Å². The van der Waals surface area contributed by atoms with Crippen LogP contribution >= 0.6 is 0 Å². The molecule has 1 amide bonds. The molecule has 2 atom stereocenters. The molecule has 19 heavy (non-hydrogen) atoms. The van der Waals surface area contributed by atoms with Crippen LogP contribution in [-0.4, -0.2) is 36.5 Å². The Bertz CT molecular complexity index is 306. The smallest absolute Gasteiger partial charge is 0.222 e. The molecule has 3 aliphatic rings. The number of hydrogen-bond donors (Lipinski definition) is 1. The first-order valence-corrected chi connectivity index (χ1v) is 8.35. The second-order valence-corrected chi connectivity index (χ2v) is 6.74. The lowest BCUT2D eigenvalue weighted by atomic mass is 9.95. The lowest BCUT2D eigenvalue weighted by Crippen LogP contribution is -2.39. The van der Waals surface area contributed by atoms with Gasteiger partial charge in [-0.15, -0.1) is 0 Å². The van der Waals surface area contributed by atoms with Crippen molar-refractivity contribution in [3.8, 4) is 0 Å². The summed E-state index contributed by atoms with van der Waals surface area (Å²) in [6.07, 6.45) is 11.1. The van der Waals surface area contributed by atoms with Crippen LogP contribution in [0.5, 0.6) is 0 Å². The van der Waals surface area contributed by atoms with Crippen molar-refractivity contribution in [1.29, 1.82) is 0 Å². The number of nitrogens with zero attached hydrogens (tertiary/aromatic N) is 1. The minimum atomic E-state index is 0.446. The molecule has 1 aliphatic carbocycles. The summed E-state index contributed by atoms with van der Waals surface area (Å²) in [7, 11) is 0. The Kier molecular flexibility index (Phi) is 4.42. The minimum absolute atomic E-state index is 0.446. The maximum absolute atomic E-state index is 12.5. The van der Waals surface area contributed by atoms with E-state index in [-0.39, 0.29) is 0 Å². The van der Waals surface area contributed by atoms with Crippen molar-refractivity contribution in [3.63, 3.8) is 0 Å². The third-order valence-electron chi connectivity index (χ3n) is 5.49. The molecule has 0 aromatic heterocycles. The zero-order valence-corrected chi connectivity index (χ0v) is 12.1.